The van der Waals surface area contributed by atoms with E-state index in [2.05, 4.69) is 15.0 Å². The number of aromatic nitrogens is 3. The van der Waals surface area contributed by atoms with Crippen LogP contribution in [0.4, 0.5) is 0 Å². The second kappa shape index (κ2) is 3.35. The average Bonchev–Trinajstić information content (AvgIpc) is 2.79. The summed E-state index contributed by atoms with van der Waals surface area (Å²) in [6, 6.07) is 10.9. The fraction of sp³-hybridized carbons (Fsp3) is 0. The van der Waals surface area contributed by atoms with Crippen molar-refractivity contribution in [3.63, 3.8) is 0 Å². The zero-order valence-corrected chi connectivity index (χ0v) is 9.78. The monoisotopic (exact) mass is 251 g/mol. The molecule has 0 atom stereocenters. The molecule has 19 heavy (non-hydrogen) atoms. The van der Waals surface area contributed by atoms with Crippen LogP contribution in [-0.4, -0.2) is 15.0 Å². The number of benzene rings is 2. The van der Waals surface area contributed by atoms with Crippen molar-refractivity contribution in [2.75, 3.05) is 0 Å². The third-order valence-corrected chi connectivity index (χ3v) is 3.36. The zero-order valence-electron chi connectivity index (χ0n) is 9.78. The van der Waals surface area contributed by atoms with Crippen LogP contribution in [0, 0.1) is 0 Å². The van der Waals surface area contributed by atoms with Crippen LogP contribution < -0.4 is 11.1 Å². The minimum Gasteiger partial charge on any atom is -0.354 e. The Kier molecular flexibility index (Phi) is 1.79. The molecule has 4 rings (SSSR count). The molecule has 0 unspecified atom stereocenters. The van der Waals surface area contributed by atoms with Gasteiger partial charge in [-0.1, -0.05) is 12.1 Å². The van der Waals surface area contributed by atoms with Gasteiger partial charge in [-0.05, 0) is 24.3 Å². The van der Waals surface area contributed by atoms with Gasteiger partial charge in [0.25, 0.3) is 0 Å². The Morgan fingerprint density at radius 3 is 2.42 bits per heavy atom. The van der Waals surface area contributed by atoms with Crippen LogP contribution in [0.25, 0.3) is 32.8 Å². The average molecular weight is 251 g/mol. The van der Waals surface area contributed by atoms with Crippen LogP contribution in [0.3, 0.4) is 0 Å². The molecule has 0 radical (unpaired) electrons. The molecule has 3 N–H and O–H groups in total. The van der Waals surface area contributed by atoms with Gasteiger partial charge in [0.2, 0.25) is 0 Å². The van der Waals surface area contributed by atoms with E-state index in [4.69, 9.17) is 0 Å². The smallest absolute Gasteiger partial charge is 0.323 e. The molecule has 92 valence electrons. The highest BCUT2D eigenvalue weighted by Gasteiger charge is 2.10. The predicted molar refractivity (Wildman–Crippen MR) is 74.6 cm³/mol. The summed E-state index contributed by atoms with van der Waals surface area (Å²) in [6.45, 7) is 0. The lowest BCUT2D eigenvalue weighted by atomic mass is 10.1. The number of nitrogens with one attached hydrogen (secondary N) is 3. The van der Waals surface area contributed by atoms with Crippen molar-refractivity contribution in [1.29, 1.82) is 0 Å². The summed E-state index contributed by atoms with van der Waals surface area (Å²) < 4.78 is 0. The van der Waals surface area contributed by atoms with Crippen molar-refractivity contribution < 1.29 is 0 Å². The van der Waals surface area contributed by atoms with Crippen molar-refractivity contribution in [2.45, 2.75) is 0 Å². The number of imidazole rings is 1. The van der Waals surface area contributed by atoms with Gasteiger partial charge in [0.05, 0.1) is 21.9 Å². The lowest BCUT2D eigenvalue weighted by Gasteiger charge is -2.02. The number of hydrogen-bond donors (Lipinski definition) is 3. The Labute approximate surface area is 105 Å². The van der Waals surface area contributed by atoms with Gasteiger partial charge in [-0.25, -0.2) is 4.79 Å². The summed E-state index contributed by atoms with van der Waals surface area (Å²) in [6.07, 6.45) is 0. The number of H-pyrrole nitrogens is 3. The molecule has 0 saturated carbocycles. The highest BCUT2D eigenvalue weighted by atomic mass is 16.1. The summed E-state index contributed by atoms with van der Waals surface area (Å²) in [5, 5.41) is 1.12. The summed E-state index contributed by atoms with van der Waals surface area (Å²) >= 11 is 0. The fourth-order valence-electron chi connectivity index (χ4n) is 2.51. The molecule has 0 fully saturated rings. The topological polar surface area (TPSA) is 81.5 Å². The SMILES string of the molecule is O=c1[nH]c2ccc3[nH]c4ccccc4c(=O)c3c2[nH]1. The maximum atomic E-state index is 12.6. The molecular formula is C14H9N3O2. The van der Waals surface area contributed by atoms with E-state index in [1.165, 1.54) is 0 Å². The van der Waals surface area contributed by atoms with E-state index in [0.29, 0.717) is 27.3 Å². The van der Waals surface area contributed by atoms with Crippen LogP contribution in [-0.2, 0) is 0 Å². The number of hydrogen-bond acceptors (Lipinski definition) is 2. The molecule has 0 aliphatic heterocycles. The van der Waals surface area contributed by atoms with Gasteiger partial charge in [-0.2, -0.15) is 0 Å². The van der Waals surface area contributed by atoms with Crippen LogP contribution >= 0.6 is 0 Å². The minimum absolute atomic E-state index is 0.0785. The Morgan fingerprint density at radius 1 is 0.737 bits per heavy atom. The van der Waals surface area contributed by atoms with Gasteiger partial charge in [0, 0.05) is 10.9 Å². The first kappa shape index (κ1) is 10.1. The van der Waals surface area contributed by atoms with Crippen molar-refractivity contribution in [2.24, 2.45) is 0 Å². The van der Waals surface area contributed by atoms with Gasteiger partial charge < -0.3 is 15.0 Å². The number of para-hydroxylation sites is 1. The van der Waals surface area contributed by atoms with Gasteiger partial charge in [-0.15, -0.1) is 0 Å². The van der Waals surface area contributed by atoms with Crippen LogP contribution in [0.5, 0.6) is 0 Å². The Balaban J connectivity index is 2.40. The maximum Gasteiger partial charge on any atom is 0.323 e. The van der Waals surface area contributed by atoms with Crippen LogP contribution in [0.2, 0.25) is 0 Å². The fourth-order valence-corrected chi connectivity index (χ4v) is 2.51. The van der Waals surface area contributed by atoms with Crippen molar-refractivity contribution >= 4 is 32.8 Å². The van der Waals surface area contributed by atoms with Crippen LogP contribution in [0.15, 0.2) is 46.0 Å². The van der Waals surface area contributed by atoms with Gasteiger partial charge in [0.1, 0.15) is 0 Å². The van der Waals surface area contributed by atoms with E-state index in [0.717, 1.165) is 5.52 Å². The van der Waals surface area contributed by atoms with Gasteiger partial charge >= 0.3 is 5.69 Å². The number of fused-ring (bicyclic) bond motifs is 4. The lowest BCUT2D eigenvalue weighted by molar-refractivity contribution is 1.22. The second-order valence-electron chi connectivity index (χ2n) is 4.49. The standard InChI is InChI=1S/C14H9N3O2/c18-13-7-3-1-2-4-8(7)15-9-5-6-10-12(11(9)13)17-14(19)16-10/h1-6H,(H,15,18)(H2,16,17,19). The highest BCUT2D eigenvalue weighted by molar-refractivity contribution is 6.06. The Bertz CT molecular complexity index is 1050. The first-order valence-corrected chi connectivity index (χ1v) is 5.90. The summed E-state index contributed by atoms with van der Waals surface area (Å²) in [5.74, 6) is 0. The van der Waals surface area contributed by atoms with Gasteiger partial charge in [0.15, 0.2) is 5.43 Å². The normalized spacial score (nSPS) is 11.6. The van der Waals surface area contributed by atoms with E-state index in [1.807, 2.05) is 18.2 Å². The summed E-state index contributed by atoms with van der Waals surface area (Å²) in [5.41, 5.74) is 2.30. The van der Waals surface area contributed by atoms with Crippen molar-refractivity contribution in [3.8, 4) is 0 Å². The zero-order chi connectivity index (χ0) is 13.0. The minimum atomic E-state index is -0.310. The van der Waals surface area contributed by atoms with E-state index >= 15 is 0 Å². The maximum absolute atomic E-state index is 12.6. The van der Waals surface area contributed by atoms with E-state index < -0.39 is 0 Å². The molecule has 0 spiro atoms. The number of rotatable bonds is 0. The summed E-state index contributed by atoms with van der Waals surface area (Å²) in [4.78, 5) is 32.5. The lowest BCUT2D eigenvalue weighted by Crippen LogP contribution is -2.05. The van der Waals surface area contributed by atoms with Crippen molar-refractivity contribution in [1.82, 2.24) is 15.0 Å². The molecule has 0 aliphatic rings. The van der Waals surface area contributed by atoms with E-state index in [1.54, 1.807) is 18.2 Å². The molecule has 0 aliphatic carbocycles. The Morgan fingerprint density at radius 2 is 1.53 bits per heavy atom. The quantitative estimate of drug-likeness (QED) is 0.417. The molecule has 2 heterocycles. The molecule has 4 aromatic rings. The molecule has 0 saturated heterocycles. The Hall–Kier alpha value is -2.82. The van der Waals surface area contributed by atoms with Crippen molar-refractivity contribution in [3.05, 3.63) is 57.1 Å². The third-order valence-electron chi connectivity index (χ3n) is 3.36. The first-order valence-electron chi connectivity index (χ1n) is 5.90. The largest absolute Gasteiger partial charge is 0.354 e. The highest BCUT2D eigenvalue weighted by Crippen LogP contribution is 2.20. The number of aromatic amines is 3. The predicted octanol–water partition coefficient (Wildman–Crippen LogP) is 1.85. The third kappa shape index (κ3) is 1.29. The van der Waals surface area contributed by atoms with E-state index in [-0.39, 0.29) is 11.1 Å². The second-order valence-corrected chi connectivity index (χ2v) is 4.49. The first-order chi connectivity index (χ1) is 9.24. The van der Waals surface area contributed by atoms with Gasteiger partial charge in [-0.3, -0.25) is 4.79 Å². The summed E-state index contributed by atoms with van der Waals surface area (Å²) in [7, 11) is 0. The molecule has 2 aromatic heterocycles. The molecular weight excluding hydrogens is 242 g/mol. The molecule has 0 amide bonds. The van der Waals surface area contributed by atoms with E-state index in [9.17, 15) is 9.59 Å². The molecule has 2 aromatic carbocycles. The van der Waals surface area contributed by atoms with Crippen LogP contribution in [0.1, 0.15) is 0 Å². The molecule has 5 nitrogen and oxygen atoms in total. The molecule has 0 bridgehead atoms. The molecule has 5 heteroatoms. The number of pyridine rings is 1.